The number of amides is 2. The van der Waals surface area contributed by atoms with Crippen LogP contribution in [0.1, 0.15) is 11.6 Å². The van der Waals surface area contributed by atoms with Crippen molar-refractivity contribution in [2.75, 3.05) is 39.8 Å². The molecule has 1 fully saturated rings. The minimum absolute atomic E-state index is 0.0962. The number of benzene rings is 1. The number of hydrogen-bond acceptors (Lipinski definition) is 4. The summed E-state index contributed by atoms with van der Waals surface area (Å²) in [4.78, 5) is 28.1. The first-order valence-electron chi connectivity index (χ1n) is 7.16. The Hall–Kier alpha value is -1.92. The van der Waals surface area contributed by atoms with E-state index in [2.05, 4.69) is 10.2 Å². The number of carbonyl (C=O) groups excluding carboxylic acids is 2. The molecule has 0 radical (unpaired) electrons. The zero-order valence-electron chi connectivity index (χ0n) is 12.3. The molecule has 0 spiro atoms. The topological polar surface area (TPSA) is 78.7 Å². The number of piperazine rings is 1. The van der Waals surface area contributed by atoms with Crippen LogP contribution in [0.3, 0.4) is 0 Å². The van der Waals surface area contributed by atoms with Gasteiger partial charge in [0.1, 0.15) is 0 Å². The van der Waals surface area contributed by atoms with E-state index in [1.807, 2.05) is 37.4 Å². The van der Waals surface area contributed by atoms with E-state index in [1.165, 1.54) is 0 Å². The second-order valence-electron chi connectivity index (χ2n) is 5.23. The van der Waals surface area contributed by atoms with Gasteiger partial charge in [-0.25, -0.2) is 0 Å². The Kier molecular flexibility index (Phi) is 5.30. The average Bonchev–Trinajstić information content (AvgIpc) is 2.52. The summed E-state index contributed by atoms with van der Waals surface area (Å²) in [7, 11) is 2.02. The fraction of sp³-hybridized carbons (Fsp3) is 0.467. The van der Waals surface area contributed by atoms with Gasteiger partial charge in [-0.1, -0.05) is 30.3 Å². The Labute approximate surface area is 124 Å². The Balaban J connectivity index is 2.15. The van der Waals surface area contributed by atoms with E-state index in [9.17, 15) is 9.59 Å². The molecule has 6 nitrogen and oxygen atoms in total. The molecular formula is C15H22N4O2. The minimum atomic E-state index is -0.578. The zero-order chi connectivity index (χ0) is 15.2. The lowest BCUT2D eigenvalue weighted by Crippen LogP contribution is -2.53. The first-order chi connectivity index (χ1) is 10.1. The minimum Gasteiger partial charge on any atom is -0.347 e. The van der Waals surface area contributed by atoms with Crippen LogP contribution in [0.4, 0.5) is 0 Å². The molecule has 0 bridgehead atoms. The maximum Gasteiger partial charge on any atom is 0.312 e. The van der Waals surface area contributed by atoms with Gasteiger partial charge in [0, 0.05) is 32.7 Å². The number of nitrogens with two attached hydrogens (primary N) is 1. The van der Waals surface area contributed by atoms with Gasteiger partial charge in [0.2, 0.25) is 0 Å². The van der Waals surface area contributed by atoms with Gasteiger partial charge in [-0.05, 0) is 12.6 Å². The number of carbonyl (C=O) groups is 2. The summed E-state index contributed by atoms with van der Waals surface area (Å²) in [5, 5.41) is 2.54. The molecule has 2 amide bonds. The molecule has 1 aliphatic heterocycles. The van der Waals surface area contributed by atoms with Crippen LogP contribution in [-0.2, 0) is 9.59 Å². The van der Waals surface area contributed by atoms with Crippen molar-refractivity contribution in [2.24, 2.45) is 5.73 Å². The predicted octanol–water partition coefficient (Wildman–Crippen LogP) is -0.423. The second-order valence-corrected chi connectivity index (χ2v) is 5.23. The standard InChI is InChI=1S/C15H22N4O2/c1-18-9-10-19(15(21)14(20)17-8-7-16)13(11-18)12-5-3-2-4-6-12/h2-6,13H,7-11,16H2,1H3,(H,17,20). The van der Waals surface area contributed by atoms with Crippen molar-refractivity contribution in [3.63, 3.8) is 0 Å². The summed E-state index contributed by atoms with van der Waals surface area (Å²) in [5.41, 5.74) is 6.39. The molecule has 6 heteroatoms. The molecule has 0 saturated carbocycles. The first-order valence-corrected chi connectivity index (χ1v) is 7.16. The molecule has 1 aromatic rings. The molecule has 114 valence electrons. The highest BCUT2D eigenvalue weighted by Crippen LogP contribution is 2.24. The number of nitrogens with zero attached hydrogens (tertiary/aromatic N) is 2. The van der Waals surface area contributed by atoms with Crippen LogP contribution < -0.4 is 11.1 Å². The number of likely N-dealkylation sites (N-methyl/N-ethyl adjacent to an activating group) is 1. The van der Waals surface area contributed by atoms with Crippen molar-refractivity contribution < 1.29 is 9.59 Å². The predicted molar refractivity (Wildman–Crippen MR) is 80.5 cm³/mol. The highest BCUT2D eigenvalue weighted by molar-refractivity contribution is 6.35. The summed E-state index contributed by atoms with van der Waals surface area (Å²) in [6, 6.07) is 9.71. The highest BCUT2D eigenvalue weighted by Gasteiger charge is 2.33. The van der Waals surface area contributed by atoms with Gasteiger partial charge in [-0.2, -0.15) is 0 Å². The Morgan fingerprint density at radius 2 is 2.00 bits per heavy atom. The monoisotopic (exact) mass is 290 g/mol. The van der Waals surface area contributed by atoms with Gasteiger partial charge >= 0.3 is 11.8 Å². The normalized spacial score (nSPS) is 19.3. The number of hydrogen-bond donors (Lipinski definition) is 2. The molecule has 21 heavy (non-hydrogen) atoms. The van der Waals surface area contributed by atoms with Crippen LogP contribution in [0, 0.1) is 0 Å². The quantitative estimate of drug-likeness (QED) is 0.741. The largest absolute Gasteiger partial charge is 0.347 e. The lowest BCUT2D eigenvalue weighted by Gasteiger charge is -2.39. The summed E-state index contributed by atoms with van der Waals surface area (Å²) < 4.78 is 0. The fourth-order valence-corrected chi connectivity index (χ4v) is 2.51. The summed E-state index contributed by atoms with van der Waals surface area (Å²) in [6.45, 7) is 2.67. The van der Waals surface area contributed by atoms with Gasteiger partial charge in [0.05, 0.1) is 6.04 Å². The molecule has 1 saturated heterocycles. The van der Waals surface area contributed by atoms with Crippen molar-refractivity contribution in [3.8, 4) is 0 Å². The number of nitrogens with one attached hydrogen (secondary N) is 1. The summed E-state index contributed by atoms with van der Waals surface area (Å²) in [5.74, 6) is -1.06. The van der Waals surface area contributed by atoms with Crippen molar-refractivity contribution in [2.45, 2.75) is 6.04 Å². The van der Waals surface area contributed by atoms with Crippen LogP contribution in [0.2, 0.25) is 0 Å². The van der Waals surface area contributed by atoms with E-state index in [0.29, 0.717) is 19.6 Å². The van der Waals surface area contributed by atoms with Crippen LogP contribution in [0.15, 0.2) is 30.3 Å². The molecular weight excluding hydrogens is 268 g/mol. The van der Waals surface area contributed by atoms with E-state index in [0.717, 1.165) is 18.7 Å². The maximum absolute atomic E-state index is 12.3. The molecule has 1 atom stereocenters. The third kappa shape index (κ3) is 3.80. The van der Waals surface area contributed by atoms with Crippen LogP contribution in [-0.4, -0.2) is 61.4 Å². The molecule has 1 heterocycles. The third-order valence-electron chi connectivity index (χ3n) is 3.65. The third-order valence-corrected chi connectivity index (χ3v) is 3.65. The van der Waals surface area contributed by atoms with Crippen molar-refractivity contribution in [1.29, 1.82) is 0 Å². The van der Waals surface area contributed by atoms with Crippen LogP contribution in [0.25, 0.3) is 0 Å². The van der Waals surface area contributed by atoms with Crippen molar-refractivity contribution in [1.82, 2.24) is 15.1 Å². The van der Waals surface area contributed by atoms with Gasteiger partial charge in [0.15, 0.2) is 0 Å². The second kappa shape index (κ2) is 7.19. The van der Waals surface area contributed by atoms with E-state index >= 15 is 0 Å². The lowest BCUT2D eigenvalue weighted by atomic mass is 10.0. The highest BCUT2D eigenvalue weighted by atomic mass is 16.2. The molecule has 0 aromatic heterocycles. The van der Waals surface area contributed by atoms with Gasteiger partial charge < -0.3 is 20.9 Å². The smallest absolute Gasteiger partial charge is 0.312 e. The average molecular weight is 290 g/mol. The zero-order valence-corrected chi connectivity index (χ0v) is 12.3. The summed E-state index contributed by atoms with van der Waals surface area (Å²) in [6.07, 6.45) is 0. The van der Waals surface area contributed by atoms with E-state index in [1.54, 1.807) is 4.90 Å². The first kappa shape index (κ1) is 15.5. The molecule has 1 aliphatic rings. The molecule has 1 aromatic carbocycles. The lowest BCUT2D eigenvalue weighted by molar-refractivity contribution is -0.149. The Morgan fingerprint density at radius 1 is 1.29 bits per heavy atom. The van der Waals surface area contributed by atoms with Crippen molar-refractivity contribution in [3.05, 3.63) is 35.9 Å². The maximum atomic E-state index is 12.3. The Bertz CT molecular complexity index is 492. The fourth-order valence-electron chi connectivity index (χ4n) is 2.51. The molecule has 0 aliphatic carbocycles. The van der Waals surface area contributed by atoms with Crippen molar-refractivity contribution >= 4 is 11.8 Å². The van der Waals surface area contributed by atoms with E-state index < -0.39 is 11.8 Å². The SMILES string of the molecule is CN1CCN(C(=O)C(=O)NCCN)C(c2ccccc2)C1. The molecule has 2 rings (SSSR count). The summed E-state index contributed by atoms with van der Waals surface area (Å²) >= 11 is 0. The van der Waals surface area contributed by atoms with Gasteiger partial charge in [0.25, 0.3) is 0 Å². The van der Waals surface area contributed by atoms with E-state index in [4.69, 9.17) is 5.73 Å². The van der Waals surface area contributed by atoms with Gasteiger partial charge in [-0.3, -0.25) is 9.59 Å². The van der Waals surface area contributed by atoms with E-state index in [-0.39, 0.29) is 6.04 Å². The van der Waals surface area contributed by atoms with Crippen LogP contribution in [0.5, 0.6) is 0 Å². The molecule has 1 unspecified atom stereocenters. The van der Waals surface area contributed by atoms with Gasteiger partial charge in [-0.15, -0.1) is 0 Å². The van der Waals surface area contributed by atoms with Crippen LogP contribution >= 0.6 is 0 Å². The number of rotatable bonds is 3. The molecule has 3 N–H and O–H groups in total. The Morgan fingerprint density at radius 3 is 2.67 bits per heavy atom.